The van der Waals surface area contributed by atoms with Crippen molar-refractivity contribution in [3.63, 3.8) is 0 Å². The predicted octanol–water partition coefficient (Wildman–Crippen LogP) is 5.31. The highest BCUT2D eigenvalue weighted by molar-refractivity contribution is 6.31. The van der Waals surface area contributed by atoms with Gasteiger partial charge in [-0.3, -0.25) is 4.79 Å². The maximum atomic E-state index is 13.9. The number of carbonyl (C=O) groups excluding carboxylic acids is 1. The summed E-state index contributed by atoms with van der Waals surface area (Å²) in [6, 6.07) is 22.1. The van der Waals surface area contributed by atoms with Crippen LogP contribution in [0.4, 0.5) is 0 Å². The quantitative estimate of drug-likeness (QED) is 0.608. The van der Waals surface area contributed by atoms with E-state index in [0.717, 1.165) is 5.56 Å². The first-order valence-corrected chi connectivity index (χ1v) is 10.3. The summed E-state index contributed by atoms with van der Waals surface area (Å²) in [6.07, 6.45) is 0.786. The summed E-state index contributed by atoms with van der Waals surface area (Å²) in [5.74, 6) is -1.55. The lowest BCUT2D eigenvalue weighted by atomic mass is 9.94. The molecular formula is C25H19ClN2O3. The minimum atomic E-state index is -1.07. The number of hydrogen-bond acceptors (Lipinski definition) is 3. The van der Waals surface area contributed by atoms with Gasteiger partial charge >= 0.3 is 5.97 Å². The molecular weight excluding hydrogens is 412 g/mol. The van der Waals surface area contributed by atoms with Gasteiger partial charge in [-0.1, -0.05) is 72.3 Å². The van der Waals surface area contributed by atoms with Crippen LogP contribution in [0.2, 0.25) is 5.02 Å². The molecule has 1 heterocycles. The average molecular weight is 431 g/mol. The molecule has 4 rings (SSSR count). The third-order valence-corrected chi connectivity index (χ3v) is 6.00. The lowest BCUT2D eigenvalue weighted by molar-refractivity contribution is -0.141. The van der Waals surface area contributed by atoms with Crippen LogP contribution in [0.1, 0.15) is 40.4 Å². The molecule has 1 aliphatic heterocycles. The van der Waals surface area contributed by atoms with E-state index in [4.69, 9.17) is 11.6 Å². The molecule has 1 N–H and O–H groups in total. The number of rotatable bonds is 4. The lowest BCUT2D eigenvalue weighted by Crippen LogP contribution is -2.42. The van der Waals surface area contributed by atoms with Gasteiger partial charge in [0.05, 0.1) is 23.2 Å². The third kappa shape index (κ3) is 3.78. The van der Waals surface area contributed by atoms with Crippen molar-refractivity contribution in [3.05, 3.63) is 94.5 Å². The molecule has 0 saturated carbocycles. The van der Waals surface area contributed by atoms with Crippen LogP contribution in [-0.4, -0.2) is 27.9 Å². The molecule has 2 unspecified atom stereocenters. The molecule has 3 aromatic rings. The zero-order chi connectivity index (χ0) is 22.0. The molecule has 1 aliphatic rings. The number of amides is 1. The Labute approximate surface area is 185 Å². The smallest absolute Gasteiger partial charge is 0.326 e. The minimum Gasteiger partial charge on any atom is -0.480 e. The summed E-state index contributed by atoms with van der Waals surface area (Å²) in [5.41, 5.74) is 2.50. The molecule has 154 valence electrons. The van der Waals surface area contributed by atoms with Crippen LogP contribution in [0.25, 0.3) is 11.1 Å². The number of carboxylic acids is 1. The maximum Gasteiger partial charge on any atom is 0.326 e. The molecule has 2 atom stereocenters. The lowest BCUT2D eigenvalue weighted by Gasteiger charge is -2.30. The molecule has 1 fully saturated rings. The van der Waals surface area contributed by atoms with Gasteiger partial charge in [0.15, 0.2) is 0 Å². The van der Waals surface area contributed by atoms with Crippen molar-refractivity contribution in [1.29, 1.82) is 5.26 Å². The summed E-state index contributed by atoms with van der Waals surface area (Å²) in [6.45, 7) is 0. The van der Waals surface area contributed by atoms with E-state index in [0.29, 0.717) is 29.0 Å². The Kier molecular flexibility index (Phi) is 5.75. The van der Waals surface area contributed by atoms with Crippen LogP contribution >= 0.6 is 11.6 Å². The minimum absolute atomic E-state index is 0.209. The third-order valence-electron chi connectivity index (χ3n) is 5.65. The second-order valence-corrected chi connectivity index (χ2v) is 7.79. The summed E-state index contributed by atoms with van der Waals surface area (Å²) in [5, 5.41) is 20.0. The highest BCUT2D eigenvalue weighted by atomic mass is 35.5. The second-order valence-electron chi connectivity index (χ2n) is 7.39. The molecule has 0 bridgehead atoms. The van der Waals surface area contributed by atoms with Crippen LogP contribution in [-0.2, 0) is 4.79 Å². The highest BCUT2D eigenvalue weighted by Crippen LogP contribution is 2.41. The fraction of sp³-hybridized carbons (Fsp3) is 0.160. The van der Waals surface area contributed by atoms with E-state index in [1.54, 1.807) is 30.3 Å². The van der Waals surface area contributed by atoms with Crippen LogP contribution in [0.15, 0.2) is 72.8 Å². The zero-order valence-electron chi connectivity index (χ0n) is 16.5. The van der Waals surface area contributed by atoms with Gasteiger partial charge in [-0.2, -0.15) is 5.26 Å². The monoisotopic (exact) mass is 430 g/mol. The van der Waals surface area contributed by atoms with Gasteiger partial charge in [0.1, 0.15) is 6.04 Å². The van der Waals surface area contributed by atoms with Crippen molar-refractivity contribution >= 4 is 23.5 Å². The van der Waals surface area contributed by atoms with Crippen LogP contribution in [0, 0.1) is 11.3 Å². The Hall–Kier alpha value is -3.62. The number of aliphatic carboxylic acids is 1. The Morgan fingerprint density at radius 3 is 2.35 bits per heavy atom. The molecule has 31 heavy (non-hydrogen) atoms. The Balaban J connectivity index is 1.88. The number of benzene rings is 3. The fourth-order valence-corrected chi connectivity index (χ4v) is 4.51. The molecule has 1 amide bonds. The normalized spacial score (nSPS) is 17.9. The number of nitriles is 1. The van der Waals surface area contributed by atoms with Crippen LogP contribution in [0.5, 0.6) is 0 Å². The fourth-order valence-electron chi connectivity index (χ4n) is 4.25. The van der Waals surface area contributed by atoms with Crippen molar-refractivity contribution in [2.45, 2.75) is 24.9 Å². The predicted molar refractivity (Wildman–Crippen MR) is 118 cm³/mol. The first-order chi connectivity index (χ1) is 15.0. The van der Waals surface area contributed by atoms with Gasteiger partial charge in [-0.15, -0.1) is 0 Å². The first-order valence-electron chi connectivity index (χ1n) is 9.91. The number of carboxylic acid groups (broad SMARTS) is 1. The molecule has 1 saturated heterocycles. The number of nitrogens with zero attached hydrogens (tertiary/aromatic N) is 2. The van der Waals surface area contributed by atoms with Crippen LogP contribution < -0.4 is 0 Å². The zero-order valence-corrected chi connectivity index (χ0v) is 17.3. The molecule has 0 radical (unpaired) electrons. The van der Waals surface area contributed by atoms with Gasteiger partial charge < -0.3 is 10.0 Å². The first kappa shape index (κ1) is 20.6. The Morgan fingerprint density at radius 1 is 0.968 bits per heavy atom. The number of carbonyl (C=O) groups is 2. The van der Waals surface area contributed by atoms with E-state index in [9.17, 15) is 20.0 Å². The van der Waals surface area contributed by atoms with Crippen molar-refractivity contribution < 1.29 is 14.7 Å². The molecule has 0 spiro atoms. The van der Waals surface area contributed by atoms with E-state index < -0.39 is 24.0 Å². The van der Waals surface area contributed by atoms with Crippen molar-refractivity contribution in [3.8, 4) is 17.2 Å². The van der Waals surface area contributed by atoms with E-state index in [2.05, 4.69) is 6.07 Å². The molecule has 0 aromatic heterocycles. The molecule has 0 aliphatic carbocycles. The SMILES string of the molecule is N#Cc1cccc(-c2ccccc2)c1C(=O)N1C(C(=O)O)CCC1c1ccccc1Cl. The van der Waals surface area contributed by atoms with Gasteiger partial charge in [0.2, 0.25) is 0 Å². The Bertz CT molecular complexity index is 1190. The highest BCUT2D eigenvalue weighted by Gasteiger charge is 2.43. The van der Waals surface area contributed by atoms with Crippen molar-refractivity contribution in [1.82, 2.24) is 4.90 Å². The molecule has 6 heteroatoms. The number of likely N-dealkylation sites (tertiary alicyclic amines) is 1. The summed E-state index contributed by atoms with van der Waals surface area (Å²) < 4.78 is 0. The summed E-state index contributed by atoms with van der Waals surface area (Å²) in [7, 11) is 0. The average Bonchev–Trinajstić information content (AvgIpc) is 3.24. The van der Waals surface area contributed by atoms with Crippen molar-refractivity contribution in [2.75, 3.05) is 0 Å². The second kappa shape index (κ2) is 8.63. The van der Waals surface area contributed by atoms with Gasteiger partial charge in [0.25, 0.3) is 5.91 Å². The van der Waals surface area contributed by atoms with E-state index in [1.165, 1.54) is 4.90 Å². The maximum absolute atomic E-state index is 13.9. The number of halogens is 1. The molecule has 5 nitrogen and oxygen atoms in total. The largest absolute Gasteiger partial charge is 0.480 e. The van der Waals surface area contributed by atoms with Crippen molar-refractivity contribution in [2.24, 2.45) is 0 Å². The topological polar surface area (TPSA) is 81.4 Å². The standard InChI is InChI=1S/C25H19ClN2O3/c26-20-12-5-4-10-19(20)21-13-14-22(25(30)31)28(21)24(29)23-17(15-27)9-6-11-18(23)16-7-2-1-3-8-16/h1-12,21-22H,13-14H2,(H,30,31). The van der Waals surface area contributed by atoms with Gasteiger partial charge in [-0.05, 0) is 41.7 Å². The van der Waals surface area contributed by atoms with E-state index in [1.807, 2.05) is 42.5 Å². The van der Waals surface area contributed by atoms with Gasteiger partial charge in [-0.25, -0.2) is 4.79 Å². The van der Waals surface area contributed by atoms with Gasteiger partial charge in [0, 0.05) is 5.02 Å². The van der Waals surface area contributed by atoms with E-state index >= 15 is 0 Å². The van der Waals surface area contributed by atoms with E-state index in [-0.39, 0.29) is 11.1 Å². The molecule has 3 aromatic carbocycles. The number of hydrogen-bond donors (Lipinski definition) is 1. The summed E-state index contributed by atoms with van der Waals surface area (Å²) in [4.78, 5) is 27.3. The van der Waals surface area contributed by atoms with Crippen LogP contribution in [0.3, 0.4) is 0 Å². The Morgan fingerprint density at radius 2 is 1.68 bits per heavy atom. The summed E-state index contributed by atoms with van der Waals surface area (Å²) >= 11 is 6.40.